The van der Waals surface area contributed by atoms with Crippen molar-refractivity contribution in [2.24, 2.45) is 0 Å². The summed E-state index contributed by atoms with van der Waals surface area (Å²) < 4.78 is 0. The van der Waals surface area contributed by atoms with Gasteiger partial charge in [0.25, 0.3) is 0 Å². The van der Waals surface area contributed by atoms with Crippen LogP contribution >= 0.6 is 0 Å². The number of allylic oxidation sites excluding steroid dienone is 3. The second-order valence-corrected chi connectivity index (χ2v) is 7.09. The first-order chi connectivity index (χ1) is 12.3. The minimum absolute atomic E-state index is 1.31. The Morgan fingerprint density at radius 1 is 0.560 bits per heavy atom. The summed E-state index contributed by atoms with van der Waals surface area (Å²) in [5.74, 6) is 0. The van der Waals surface area contributed by atoms with E-state index in [1.807, 2.05) is 0 Å². The van der Waals surface area contributed by atoms with E-state index in [2.05, 4.69) is 85.8 Å². The van der Waals surface area contributed by atoms with Crippen LogP contribution in [0.1, 0.15) is 29.2 Å². The third-order valence-electron chi connectivity index (χ3n) is 5.71. The Labute approximate surface area is 146 Å². The monoisotopic (exact) mass is 316 g/mol. The van der Waals surface area contributed by atoms with Crippen molar-refractivity contribution in [1.29, 1.82) is 0 Å². The van der Waals surface area contributed by atoms with Crippen LogP contribution in [0.25, 0.3) is 44.3 Å². The summed E-state index contributed by atoms with van der Waals surface area (Å²) >= 11 is 0. The normalized spacial score (nSPS) is 14.7. The molecule has 0 radical (unpaired) electrons. The lowest BCUT2D eigenvalue weighted by atomic mass is 9.97. The van der Waals surface area contributed by atoms with E-state index in [-0.39, 0.29) is 0 Å². The van der Waals surface area contributed by atoms with Crippen molar-refractivity contribution >= 4 is 44.3 Å². The number of rotatable bonds is 0. The summed E-state index contributed by atoms with van der Waals surface area (Å²) in [5, 5.41) is 5.27. The molecule has 0 N–H and O–H groups in total. The largest absolute Gasteiger partial charge is 0.0616 e. The van der Waals surface area contributed by atoms with Gasteiger partial charge in [0.2, 0.25) is 0 Å². The minimum atomic E-state index is 1.31. The first-order valence-corrected chi connectivity index (χ1v) is 8.79. The molecule has 0 fully saturated rings. The fourth-order valence-electron chi connectivity index (χ4n) is 4.49. The maximum atomic E-state index is 2.38. The molecule has 0 saturated heterocycles. The van der Waals surface area contributed by atoms with Crippen LogP contribution in [0.4, 0.5) is 0 Å². The Balaban J connectivity index is 1.67. The Kier molecular flexibility index (Phi) is 2.37. The van der Waals surface area contributed by atoms with Crippen LogP contribution in [-0.2, 0) is 0 Å². The van der Waals surface area contributed by atoms with E-state index in [0.29, 0.717) is 0 Å². The average Bonchev–Trinajstić information content (AvgIpc) is 3.14. The topological polar surface area (TPSA) is 0 Å². The highest BCUT2D eigenvalue weighted by molar-refractivity contribution is 6.30. The Hall–Kier alpha value is -3.12. The number of hydrogen-bond donors (Lipinski definition) is 0. The van der Waals surface area contributed by atoms with Crippen LogP contribution < -0.4 is 0 Å². The smallest absolute Gasteiger partial charge is 0.00632 e. The quantitative estimate of drug-likeness (QED) is 0.335. The summed E-state index contributed by atoms with van der Waals surface area (Å²) in [6.45, 7) is 2.27. The lowest BCUT2D eigenvalue weighted by Crippen LogP contribution is -1.85. The second-order valence-electron chi connectivity index (χ2n) is 7.09. The molecule has 0 spiro atoms. The van der Waals surface area contributed by atoms with E-state index >= 15 is 0 Å². The van der Waals surface area contributed by atoms with E-state index in [0.717, 1.165) is 0 Å². The van der Waals surface area contributed by atoms with Gasteiger partial charge in [-0.15, -0.1) is 0 Å². The van der Waals surface area contributed by atoms with Crippen LogP contribution in [0.5, 0.6) is 0 Å². The van der Waals surface area contributed by atoms with Gasteiger partial charge in [0.1, 0.15) is 0 Å². The molecule has 116 valence electrons. The lowest BCUT2D eigenvalue weighted by molar-refractivity contribution is 1.60. The zero-order valence-corrected chi connectivity index (χ0v) is 14.0. The molecule has 0 aliphatic heterocycles. The molecule has 6 rings (SSSR count). The highest BCUT2D eigenvalue weighted by Crippen LogP contribution is 2.53. The van der Waals surface area contributed by atoms with Gasteiger partial charge in [0.05, 0.1) is 0 Å². The van der Waals surface area contributed by atoms with Gasteiger partial charge in [-0.3, -0.25) is 0 Å². The zero-order chi connectivity index (χ0) is 16.5. The molecular weight excluding hydrogens is 300 g/mol. The minimum Gasteiger partial charge on any atom is -0.0616 e. The van der Waals surface area contributed by atoms with E-state index < -0.39 is 0 Å². The van der Waals surface area contributed by atoms with Gasteiger partial charge in [0, 0.05) is 0 Å². The Morgan fingerprint density at radius 2 is 1.08 bits per heavy atom. The molecular formula is C25H16. The molecule has 0 nitrogen and oxygen atoms in total. The first-order valence-electron chi connectivity index (χ1n) is 8.79. The number of hydrogen-bond acceptors (Lipinski definition) is 0. The lowest BCUT2D eigenvalue weighted by Gasteiger charge is -2.07. The van der Waals surface area contributed by atoms with Crippen LogP contribution in [-0.4, -0.2) is 0 Å². The molecule has 2 aliphatic rings. The summed E-state index contributed by atoms with van der Waals surface area (Å²) in [6, 6.07) is 26.7. The molecule has 2 aliphatic carbocycles. The van der Waals surface area contributed by atoms with Crippen molar-refractivity contribution in [2.75, 3.05) is 0 Å². The van der Waals surface area contributed by atoms with Gasteiger partial charge >= 0.3 is 0 Å². The predicted molar refractivity (Wildman–Crippen MR) is 108 cm³/mol. The molecule has 0 amide bonds. The number of fused-ring (bicyclic) bond motifs is 7. The maximum absolute atomic E-state index is 2.38. The maximum Gasteiger partial charge on any atom is -0.00632 e. The van der Waals surface area contributed by atoms with Gasteiger partial charge in [0.15, 0.2) is 0 Å². The molecule has 4 aromatic rings. The third kappa shape index (κ3) is 1.66. The van der Waals surface area contributed by atoms with Gasteiger partial charge in [-0.1, -0.05) is 48.5 Å². The molecule has 0 heterocycles. The van der Waals surface area contributed by atoms with Crippen molar-refractivity contribution in [2.45, 2.75) is 6.92 Å². The zero-order valence-electron chi connectivity index (χ0n) is 14.0. The van der Waals surface area contributed by atoms with Crippen molar-refractivity contribution in [1.82, 2.24) is 0 Å². The fourth-order valence-corrected chi connectivity index (χ4v) is 4.49. The van der Waals surface area contributed by atoms with Crippen LogP contribution in [0.15, 0.2) is 72.8 Å². The summed E-state index contributed by atoms with van der Waals surface area (Å²) in [6.07, 6.45) is 2.38. The molecule has 0 saturated carbocycles. The van der Waals surface area contributed by atoms with E-state index in [1.54, 1.807) is 0 Å². The predicted octanol–water partition coefficient (Wildman–Crippen LogP) is 6.79. The van der Waals surface area contributed by atoms with Crippen molar-refractivity contribution in [3.8, 4) is 0 Å². The molecule has 0 bridgehead atoms. The first kappa shape index (κ1) is 13.2. The molecule has 0 heteroatoms. The Bertz CT molecular complexity index is 1280. The van der Waals surface area contributed by atoms with Crippen LogP contribution in [0.3, 0.4) is 0 Å². The SMILES string of the molecule is CC1=C2C(=Cc3cc4ccccc4cc32)c2cc3ccccc3cc21. The highest BCUT2D eigenvalue weighted by Gasteiger charge is 2.30. The molecule has 0 atom stereocenters. The van der Waals surface area contributed by atoms with E-state index in [4.69, 9.17) is 0 Å². The fraction of sp³-hybridized carbons (Fsp3) is 0.0400. The van der Waals surface area contributed by atoms with Crippen molar-refractivity contribution < 1.29 is 0 Å². The van der Waals surface area contributed by atoms with Crippen LogP contribution in [0.2, 0.25) is 0 Å². The van der Waals surface area contributed by atoms with Crippen molar-refractivity contribution in [3.63, 3.8) is 0 Å². The summed E-state index contributed by atoms with van der Waals surface area (Å²) in [7, 11) is 0. The van der Waals surface area contributed by atoms with Crippen LogP contribution in [0, 0.1) is 0 Å². The average molecular weight is 316 g/mol. The highest BCUT2D eigenvalue weighted by atomic mass is 14.3. The van der Waals surface area contributed by atoms with Gasteiger partial charge in [-0.2, -0.15) is 0 Å². The summed E-state index contributed by atoms with van der Waals surface area (Å²) in [4.78, 5) is 0. The van der Waals surface area contributed by atoms with Gasteiger partial charge in [-0.25, -0.2) is 0 Å². The Morgan fingerprint density at radius 3 is 1.72 bits per heavy atom. The van der Waals surface area contributed by atoms with Gasteiger partial charge in [-0.05, 0) is 97.8 Å². The van der Waals surface area contributed by atoms with E-state index in [9.17, 15) is 0 Å². The number of benzene rings is 4. The van der Waals surface area contributed by atoms with E-state index in [1.165, 1.54) is 60.5 Å². The van der Waals surface area contributed by atoms with Gasteiger partial charge < -0.3 is 0 Å². The third-order valence-corrected chi connectivity index (χ3v) is 5.71. The van der Waals surface area contributed by atoms with Crippen molar-refractivity contribution in [3.05, 3.63) is 95.1 Å². The molecule has 25 heavy (non-hydrogen) atoms. The second kappa shape index (κ2) is 4.49. The molecule has 0 unspecified atom stereocenters. The molecule has 4 aromatic carbocycles. The standard InChI is InChI=1S/C25H16/c1-15-21-11-17-7-4-5-9-19(17)13-23(21)24-14-20-10-16-6-2-3-8-18(16)12-22(20)25(15)24/h2-14H,1H3. The molecule has 0 aromatic heterocycles. The summed E-state index contributed by atoms with van der Waals surface area (Å²) in [5.41, 5.74) is 9.72.